The van der Waals surface area contributed by atoms with E-state index in [-0.39, 0.29) is 0 Å². The number of anilines is 1. The molecule has 0 aliphatic heterocycles. The molecule has 0 spiro atoms. The van der Waals surface area contributed by atoms with E-state index in [2.05, 4.69) is 29.9 Å². The molecule has 0 saturated carbocycles. The van der Waals surface area contributed by atoms with Crippen LogP contribution in [0.4, 0.5) is 5.82 Å². The lowest BCUT2D eigenvalue weighted by atomic mass is 10.2. The number of nitrogens with zero attached hydrogens (tertiary/aromatic N) is 4. The second kappa shape index (κ2) is 5.92. The number of aromatic nitrogens is 2. The summed E-state index contributed by atoms with van der Waals surface area (Å²) in [5.41, 5.74) is 2.01. The van der Waals surface area contributed by atoms with Crippen molar-refractivity contribution in [3.05, 3.63) is 11.3 Å². The second-order valence-corrected chi connectivity index (χ2v) is 4.61. The lowest BCUT2D eigenvalue weighted by Crippen LogP contribution is -2.34. The molecule has 0 aromatic carbocycles. The summed E-state index contributed by atoms with van der Waals surface area (Å²) in [6.07, 6.45) is 0.504. The van der Waals surface area contributed by atoms with Gasteiger partial charge in [-0.15, -0.1) is 11.6 Å². The molecule has 0 N–H and O–H groups in total. The smallest absolute Gasteiger partial charge is 0.131 e. The third-order valence-electron chi connectivity index (χ3n) is 2.81. The summed E-state index contributed by atoms with van der Waals surface area (Å²) in [6.45, 7) is 6.89. The number of aryl methyl sites for hydroxylation is 2. The first-order valence-electron chi connectivity index (χ1n) is 5.75. The zero-order chi connectivity index (χ0) is 13.0. The fraction of sp³-hybridized carbons (Fsp3) is 0.667. The molecule has 0 saturated heterocycles. The van der Waals surface area contributed by atoms with Gasteiger partial charge >= 0.3 is 0 Å². The molecule has 4 nitrogen and oxygen atoms in total. The molecule has 0 atom stereocenters. The second-order valence-electron chi connectivity index (χ2n) is 4.34. The number of halogens is 1. The Kier molecular flexibility index (Phi) is 4.83. The molecule has 1 rings (SSSR count). The van der Waals surface area contributed by atoms with Gasteiger partial charge in [-0.25, -0.2) is 0 Å². The van der Waals surface area contributed by atoms with Crippen LogP contribution in [0.1, 0.15) is 31.5 Å². The third-order valence-corrected chi connectivity index (χ3v) is 3.07. The number of hydrogen-bond donors (Lipinski definition) is 0. The number of rotatable bonds is 5. The Balaban J connectivity index is 3.13. The summed E-state index contributed by atoms with van der Waals surface area (Å²) >= 11 is 5.99. The summed E-state index contributed by atoms with van der Waals surface area (Å²) in [5, 5.41) is 13.1. The quantitative estimate of drug-likeness (QED) is 0.759. The van der Waals surface area contributed by atoms with E-state index in [0.29, 0.717) is 24.9 Å². The topological polar surface area (TPSA) is 44.9 Å². The molecule has 0 fully saturated rings. The molecule has 0 aliphatic rings. The first-order valence-corrected chi connectivity index (χ1v) is 6.28. The van der Waals surface area contributed by atoms with Crippen molar-refractivity contribution in [3.63, 3.8) is 0 Å². The average Bonchev–Trinajstić information content (AvgIpc) is 2.54. The van der Waals surface area contributed by atoms with Gasteiger partial charge in [0.25, 0.3) is 0 Å². The van der Waals surface area contributed by atoms with Crippen molar-refractivity contribution >= 4 is 17.4 Å². The highest BCUT2D eigenvalue weighted by Crippen LogP contribution is 2.26. The molecule has 17 heavy (non-hydrogen) atoms. The number of alkyl halides is 1. The van der Waals surface area contributed by atoms with E-state index < -0.39 is 0 Å². The highest BCUT2D eigenvalue weighted by Gasteiger charge is 2.20. The molecular formula is C12H19ClN4. The zero-order valence-corrected chi connectivity index (χ0v) is 11.6. The van der Waals surface area contributed by atoms with Crippen molar-refractivity contribution in [2.45, 2.75) is 39.1 Å². The Morgan fingerprint density at radius 3 is 2.65 bits per heavy atom. The molecule has 94 valence electrons. The lowest BCUT2D eigenvalue weighted by Gasteiger charge is -2.28. The van der Waals surface area contributed by atoms with E-state index in [9.17, 15) is 0 Å². The van der Waals surface area contributed by atoms with Crippen LogP contribution < -0.4 is 4.90 Å². The van der Waals surface area contributed by atoms with Crippen LogP contribution in [0.5, 0.6) is 0 Å². The molecule has 0 unspecified atom stereocenters. The summed E-state index contributed by atoms with van der Waals surface area (Å²) in [7, 11) is 1.92. The predicted molar refractivity (Wildman–Crippen MR) is 70.2 cm³/mol. The maximum atomic E-state index is 8.72. The van der Waals surface area contributed by atoms with Gasteiger partial charge in [-0.2, -0.15) is 10.4 Å². The van der Waals surface area contributed by atoms with Crippen molar-refractivity contribution in [2.24, 2.45) is 7.05 Å². The minimum atomic E-state index is 0.320. The van der Waals surface area contributed by atoms with E-state index in [1.807, 2.05) is 18.7 Å². The van der Waals surface area contributed by atoms with Gasteiger partial charge in [0.15, 0.2) is 0 Å². The third kappa shape index (κ3) is 2.92. The van der Waals surface area contributed by atoms with Gasteiger partial charge in [0.2, 0.25) is 0 Å². The molecule has 1 aromatic heterocycles. The van der Waals surface area contributed by atoms with Gasteiger partial charge < -0.3 is 4.90 Å². The first-order chi connectivity index (χ1) is 8.02. The number of nitriles is 1. The summed E-state index contributed by atoms with van der Waals surface area (Å²) in [4.78, 5) is 2.18. The zero-order valence-electron chi connectivity index (χ0n) is 10.9. The van der Waals surface area contributed by atoms with E-state index >= 15 is 0 Å². The summed E-state index contributed by atoms with van der Waals surface area (Å²) in [5.74, 6) is 1.48. The van der Waals surface area contributed by atoms with Gasteiger partial charge in [0.05, 0.1) is 24.1 Å². The van der Waals surface area contributed by atoms with E-state index in [4.69, 9.17) is 16.9 Å². The Labute approximate surface area is 108 Å². The van der Waals surface area contributed by atoms with Crippen molar-refractivity contribution in [3.8, 4) is 6.07 Å². The molecule has 0 aliphatic carbocycles. The summed E-state index contributed by atoms with van der Waals surface area (Å²) < 4.78 is 1.85. The van der Waals surface area contributed by atoms with Crippen LogP contribution in [-0.4, -0.2) is 22.4 Å². The molecular weight excluding hydrogens is 236 g/mol. The highest BCUT2D eigenvalue weighted by atomic mass is 35.5. The van der Waals surface area contributed by atoms with Gasteiger partial charge in [-0.05, 0) is 20.8 Å². The van der Waals surface area contributed by atoms with Crippen molar-refractivity contribution < 1.29 is 0 Å². The van der Waals surface area contributed by atoms with Crippen LogP contribution in [0.25, 0.3) is 0 Å². The van der Waals surface area contributed by atoms with E-state index in [1.54, 1.807) is 0 Å². The van der Waals surface area contributed by atoms with Crippen LogP contribution in [0.2, 0.25) is 0 Å². The standard InChI is InChI=1S/C12H19ClN4/c1-9(2)17(7-5-6-14)12-11(8-13)10(3)15-16(12)4/h9H,5,7-8H2,1-4H3. The maximum Gasteiger partial charge on any atom is 0.131 e. The molecule has 0 radical (unpaired) electrons. The average molecular weight is 255 g/mol. The van der Waals surface area contributed by atoms with Gasteiger partial charge in [0.1, 0.15) is 5.82 Å². The predicted octanol–water partition coefficient (Wildman–Crippen LogP) is 2.60. The molecule has 0 bridgehead atoms. The first kappa shape index (κ1) is 13.9. The van der Waals surface area contributed by atoms with Crippen LogP contribution in [0, 0.1) is 18.3 Å². The normalized spacial score (nSPS) is 10.6. The fourth-order valence-electron chi connectivity index (χ4n) is 1.98. The largest absolute Gasteiger partial charge is 0.353 e. The lowest BCUT2D eigenvalue weighted by molar-refractivity contribution is 0.637. The number of hydrogen-bond acceptors (Lipinski definition) is 3. The van der Waals surface area contributed by atoms with E-state index in [0.717, 1.165) is 17.1 Å². The SMILES string of the molecule is Cc1nn(C)c(N(CCC#N)C(C)C)c1CCl. The molecule has 1 aromatic rings. The van der Waals surface area contributed by atoms with Crippen LogP contribution in [0.15, 0.2) is 0 Å². The molecule has 5 heteroatoms. The van der Waals surface area contributed by atoms with E-state index in [1.165, 1.54) is 0 Å². The van der Waals surface area contributed by atoms with Gasteiger partial charge in [0, 0.05) is 25.2 Å². The maximum absolute atomic E-state index is 8.72. The van der Waals surface area contributed by atoms with Gasteiger partial charge in [-0.1, -0.05) is 0 Å². The van der Waals surface area contributed by atoms with Crippen molar-refractivity contribution in [2.75, 3.05) is 11.4 Å². The fourth-order valence-corrected chi connectivity index (χ4v) is 2.30. The Bertz CT molecular complexity index is 417. The van der Waals surface area contributed by atoms with Crippen LogP contribution in [-0.2, 0) is 12.9 Å². The molecule has 1 heterocycles. The van der Waals surface area contributed by atoms with Crippen molar-refractivity contribution in [1.82, 2.24) is 9.78 Å². The minimum Gasteiger partial charge on any atom is -0.353 e. The Morgan fingerprint density at radius 2 is 2.18 bits per heavy atom. The van der Waals surface area contributed by atoms with Crippen molar-refractivity contribution in [1.29, 1.82) is 5.26 Å². The Hall–Kier alpha value is -1.21. The van der Waals surface area contributed by atoms with Gasteiger partial charge in [-0.3, -0.25) is 4.68 Å². The van der Waals surface area contributed by atoms with Crippen LogP contribution >= 0.6 is 11.6 Å². The highest BCUT2D eigenvalue weighted by molar-refractivity contribution is 6.17. The van der Waals surface area contributed by atoms with Crippen LogP contribution in [0.3, 0.4) is 0 Å². The molecule has 0 amide bonds. The Morgan fingerprint density at radius 1 is 1.53 bits per heavy atom. The minimum absolute atomic E-state index is 0.320. The summed E-state index contributed by atoms with van der Waals surface area (Å²) in [6, 6.07) is 2.50. The monoisotopic (exact) mass is 254 g/mol.